The molecule has 0 aliphatic heterocycles. The zero-order valence-electron chi connectivity index (χ0n) is 12.4. The molecule has 1 aromatic carbocycles. The third-order valence-electron chi connectivity index (χ3n) is 2.31. The lowest BCUT2D eigenvalue weighted by molar-refractivity contribution is -0.192. The van der Waals surface area contributed by atoms with Gasteiger partial charge in [0.15, 0.2) is 11.6 Å². The number of carbonyl (C=O) groups is 2. The third-order valence-corrected chi connectivity index (χ3v) is 2.59. The molecule has 0 unspecified atom stereocenters. The number of benzene rings is 1. The monoisotopic (exact) mass is 409 g/mol. The maximum absolute atomic E-state index is 13.5. The van der Waals surface area contributed by atoms with Crippen molar-refractivity contribution in [2.24, 2.45) is 5.73 Å². The normalized spacial score (nSPS) is 11.7. The lowest BCUT2D eigenvalue weighted by atomic mass is 10.1. The fraction of sp³-hybridized carbons (Fsp3) is 0.231. The summed E-state index contributed by atoms with van der Waals surface area (Å²) in [5, 5.41) is 15.5. The van der Waals surface area contributed by atoms with Crippen LogP contribution in [0.5, 0.6) is 5.75 Å². The summed E-state index contributed by atoms with van der Waals surface area (Å²) in [5.74, 6) is -5.95. The Bertz CT molecular complexity index is 669. The highest BCUT2D eigenvalue weighted by atomic mass is 35.5. The Kier molecular flexibility index (Phi) is 8.93. The Labute approximate surface area is 146 Å². The van der Waals surface area contributed by atoms with Crippen molar-refractivity contribution in [3.63, 3.8) is 0 Å². The van der Waals surface area contributed by atoms with E-state index in [9.17, 15) is 31.1 Å². The van der Waals surface area contributed by atoms with Crippen LogP contribution in [0.25, 0.3) is 6.08 Å². The summed E-state index contributed by atoms with van der Waals surface area (Å²) >= 11 is 5.58. The highest BCUT2D eigenvalue weighted by Gasteiger charge is 2.38. The Balaban J connectivity index is 0.000000758. The Morgan fingerprint density at radius 1 is 1.27 bits per heavy atom. The summed E-state index contributed by atoms with van der Waals surface area (Å²) in [6, 6.07) is 1.92. The highest BCUT2D eigenvalue weighted by molar-refractivity contribution is 6.32. The van der Waals surface area contributed by atoms with Crippen molar-refractivity contribution in [3.05, 3.63) is 34.1 Å². The summed E-state index contributed by atoms with van der Waals surface area (Å²) < 4.78 is 73.1. The van der Waals surface area contributed by atoms with E-state index in [1.165, 1.54) is 0 Å². The van der Waals surface area contributed by atoms with Crippen LogP contribution in [-0.4, -0.2) is 41.5 Å². The average Bonchev–Trinajstić information content (AvgIpc) is 2.47. The molecule has 13 heteroatoms. The van der Waals surface area contributed by atoms with Gasteiger partial charge in [-0.25, -0.2) is 14.0 Å². The first kappa shape index (κ1) is 23.5. The molecule has 1 aromatic rings. The van der Waals surface area contributed by atoms with Gasteiger partial charge in [-0.3, -0.25) is 0 Å². The smallest absolute Gasteiger partial charge is 0.478 e. The third kappa shape index (κ3) is 8.07. The van der Waals surface area contributed by atoms with Crippen LogP contribution in [0.3, 0.4) is 0 Å². The van der Waals surface area contributed by atoms with E-state index < -0.39 is 41.3 Å². The van der Waals surface area contributed by atoms with Crippen LogP contribution < -0.4 is 10.5 Å². The molecule has 146 valence electrons. The second kappa shape index (κ2) is 9.87. The largest absolute Gasteiger partial charge is 0.490 e. The predicted molar refractivity (Wildman–Crippen MR) is 76.4 cm³/mol. The number of rotatable bonds is 5. The summed E-state index contributed by atoms with van der Waals surface area (Å²) in [6.45, 7) is -3.49. The highest BCUT2D eigenvalue weighted by Crippen LogP contribution is 2.31. The molecule has 4 N–H and O–H groups in total. The van der Waals surface area contributed by atoms with E-state index >= 15 is 0 Å². The maximum atomic E-state index is 13.5. The molecule has 0 fully saturated rings. The molecule has 0 saturated carbocycles. The van der Waals surface area contributed by atoms with E-state index in [4.69, 9.17) is 32.3 Å². The number of aliphatic carboxylic acids is 2. The van der Waals surface area contributed by atoms with Gasteiger partial charge in [-0.1, -0.05) is 11.6 Å². The average molecular weight is 410 g/mol. The summed E-state index contributed by atoms with van der Waals surface area (Å²) in [7, 11) is 0. The molecule has 0 amide bonds. The number of halogens is 7. The topological polar surface area (TPSA) is 110 Å². The van der Waals surface area contributed by atoms with E-state index in [1.54, 1.807) is 0 Å². The summed E-state index contributed by atoms with van der Waals surface area (Å²) in [6.07, 6.45) is -4.00. The number of carboxylic acids is 2. The van der Waals surface area contributed by atoms with Gasteiger partial charge in [0.05, 0.1) is 10.6 Å². The number of hydrogen-bond donors (Lipinski definition) is 3. The molecule has 0 bridgehead atoms. The minimum atomic E-state index is -5.08. The van der Waals surface area contributed by atoms with Crippen molar-refractivity contribution in [2.45, 2.75) is 12.8 Å². The van der Waals surface area contributed by atoms with Crippen molar-refractivity contribution in [2.75, 3.05) is 6.54 Å². The fourth-order valence-corrected chi connectivity index (χ4v) is 1.53. The molecule has 0 radical (unpaired) electrons. The lowest BCUT2D eigenvalue weighted by Gasteiger charge is -2.09. The molecule has 0 aliphatic carbocycles. The van der Waals surface area contributed by atoms with Gasteiger partial charge in [-0.2, -0.15) is 22.0 Å². The second-order valence-corrected chi connectivity index (χ2v) is 4.58. The number of alkyl halides is 5. The first-order valence-electron chi connectivity index (χ1n) is 6.17. The molecular weight excluding hydrogens is 400 g/mol. The predicted octanol–water partition coefficient (Wildman–Crippen LogP) is 3.14. The SMILES string of the molecule is NCC(=Cc1cc(F)c(OC(F)F)c(Cl)c1)C(=O)O.O=C(O)C(F)(F)F. The van der Waals surface area contributed by atoms with Crippen LogP contribution >= 0.6 is 11.6 Å². The number of ether oxygens (including phenoxy) is 1. The van der Waals surface area contributed by atoms with Gasteiger partial charge >= 0.3 is 24.7 Å². The van der Waals surface area contributed by atoms with Gasteiger partial charge in [-0.05, 0) is 23.8 Å². The molecule has 0 heterocycles. The minimum absolute atomic E-state index is 0.0759. The van der Waals surface area contributed by atoms with Crippen molar-refractivity contribution < 1.29 is 50.9 Å². The van der Waals surface area contributed by atoms with Gasteiger partial charge in [0.25, 0.3) is 0 Å². The van der Waals surface area contributed by atoms with Crippen LogP contribution in [0.15, 0.2) is 17.7 Å². The van der Waals surface area contributed by atoms with Crippen LogP contribution in [0.1, 0.15) is 5.56 Å². The first-order chi connectivity index (χ1) is 11.8. The van der Waals surface area contributed by atoms with E-state index in [2.05, 4.69) is 4.74 Å². The first-order valence-corrected chi connectivity index (χ1v) is 6.55. The summed E-state index contributed by atoms with van der Waals surface area (Å²) in [4.78, 5) is 19.6. The van der Waals surface area contributed by atoms with Gasteiger partial charge < -0.3 is 20.7 Å². The van der Waals surface area contributed by atoms with Crippen molar-refractivity contribution in [1.29, 1.82) is 0 Å². The minimum Gasteiger partial charge on any atom is -0.478 e. The van der Waals surface area contributed by atoms with Crippen LogP contribution in [0.4, 0.5) is 26.3 Å². The molecule has 0 spiro atoms. The Morgan fingerprint density at radius 2 is 1.77 bits per heavy atom. The van der Waals surface area contributed by atoms with Crippen molar-refractivity contribution in [1.82, 2.24) is 0 Å². The lowest BCUT2D eigenvalue weighted by Crippen LogP contribution is -2.21. The second-order valence-electron chi connectivity index (χ2n) is 4.17. The number of carboxylic acid groups (broad SMARTS) is 2. The zero-order valence-corrected chi connectivity index (χ0v) is 13.1. The van der Waals surface area contributed by atoms with E-state index in [0.29, 0.717) is 0 Å². The molecule has 0 aromatic heterocycles. The standard InChI is InChI=1S/C11H9ClF3NO3.C2HF3O2/c12-7-2-5(1-6(4-16)10(17)18)3-8(13)9(7)19-11(14)15;3-2(4,5)1(6)7/h1-3,11H,4,16H2,(H,17,18);(H,6,7). The number of hydrogen-bond acceptors (Lipinski definition) is 4. The quantitative estimate of drug-likeness (QED) is 0.509. The Hall–Kier alpha value is -2.47. The summed E-state index contributed by atoms with van der Waals surface area (Å²) in [5.41, 5.74) is 5.09. The zero-order chi connectivity index (χ0) is 20.7. The number of nitrogens with two attached hydrogens (primary N) is 1. The maximum Gasteiger partial charge on any atom is 0.490 e. The van der Waals surface area contributed by atoms with Gasteiger partial charge in [0, 0.05) is 6.54 Å². The fourth-order valence-electron chi connectivity index (χ4n) is 1.27. The molecule has 1 rings (SSSR count). The van der Waals surface area contributed by atoms with E-state index in [-0.39, 0.29) is 17.7 Å². The van der Waals surface area contributed by atoms with Crippen LogP contribution in [0, 0.1) is 5.82 Å². The van der Waals surface area contributed by atoms with Gasteiger partial charge in [-0.15, -0.1) is 0 Å². The molecule has 26 heavy (non-hydrogen) atoms. The van der Waals surface area contributed by atoms with Gasteiger partial charge in [0.1, 0.15) is 0 Å². The molecule has 0 saturated heterocycles. The molecule has 0 aliphatic rings. The molecule has 6 nitrogen and oxygen atoms in total. The van der Waals surface area contributed by atoms with Crippen molar-refractivity contribution >= 4 is 29.6 Å². The molecular formula is C13H10ClF6NO5. The van der Waals surface area contributed by atoms with Crippen molar-refractivity contribution in [3.8, 4) is 5.75 Å². The van der Waals surface area contributed by atoms with E-state index in [0.717, 1.165) is 18.2 Å². The van der Waals surface area contributed by atoms with Crippen LogP contribution in [0.2, 0.25) is 5.02 Å². The Morgan fingerprint density at radius 3 is 2.08 bits per heavy atom. The van der Waals surface area contributed by atoms with E-state index in [1.807, 2.05) is 0 Å². The van der Waals surface area contributed by atoms with Gasteiger partial charge in [0.2, 0.25) is 0 Å². The van der Waals surface area contributed by atoms with Crippen LogP contribution in [-0.2, 0) is 9.59 Å². The molecule has 0 atom stereocenters.